The molecular formula is C89H98K4N24O24S4. The van der Waals surface area contributed by atoms with Gasteiger partial charge in [-0.3, -0.25) is 58.0 Å². The first-order valence-electron chi connectivity index (χ1n) is 45.1. The van der Waals surface area contributed by atoms with E-state index in [0.29, 0.717) is 116 Å². The summed E-state index contributed by atoms with van der Waals surface area (Å²) in [6.45, 7) is 8.37. The van der Waals surface area contributed by atoms with Crippen molar-refractivity contribution in [3.8, 4) is 0 Å². The molecule has 8 unspecified atom stereocenters. The number of thioether (sulfide) groups is 4. The van der Waals surface area contributed by atoms with E-state index in [1.165, 1.54) is 83.0 Å². The molecule has 13 heterocycles. The number of Topliss-reactive ketones (excluding diaryl/α,β-unsaturated/α-hetero) is 4. The number of hydrazine groups is 4. The molecule has 6 aromatic rings. The Balaban J connectivity index is 0.000000197. The summed E-state index contributed by atoms with van der Waals surface area (Å²) in [6, 6.07) is 39.4. The molecule has 2 aromatic heterocycles. The van der Waals surface area contributed by atoms with Gasteiger partial charge in [0, 0.05) is 135 Å². The van der Waals surface area contributed by atoms with Crippen LogP contribution in [0.4, 0.5) is 11.6 Å². The van der Waals surface area contributed by atoms with Gasteiger partial charge in [0.1, 0.15) is 56.6 Å². The van der Waals surface area contributed by atoms with Crippen LogP contribution >= 0.6 is 47.0 Å². The second kappa shape index (κ2) is 57.8. The second-order valence-corrected chi connectivity index (χ2v) is 37.9. The number of hydrogen-bond donors (Lipinski definition) is 0. The zero-order valence-electron chi connectivity index (χ0n) is 80.4. The maximum absolute atomic E-state index is 12.9. The third kappa shape index (κ3) is 30.7. The molecule has 8 atom stereocenters. The van der Waals surface area contributed by atoms with Crippen molar-refractivity contribution in [2.45, 2.75) is 99.7 Å². The molecule has 11 aliphatic rings. The average molecular weight is 2170 g/mol. The molecule has 7 fully saturated rings. The van der Waals surface area contributed by atoms with Crippen LogP contribution in [0.3, 0.4) is 0 Å². The van der Waals surface area contributed by atoms with Gasteiger partial charge >= 0.3 is 206 Å². The van der Waals surface area contributed by atoms with E-state index >= 15 is 0 Å². The summed E-state index contributed by atoms with van der Waals surface area (Å²) in [7, 11) is 0. The number of amides is 4. The minimum Gasteiger partial charge on any atom is -0.569 e. The van der Waals surface area contributed by atoms with Crippen molar-refractivity contribution < 1.29 is 323 Å². The van der Waals surface area contributed by atoms with E-state index < -0.39 is 92.7 Å². The number of nitrogens with zero attached hydrogens (tertiary/aromatic N) is 24. The number of benzene rings is 4. The van der Waals surface area contributed by atoms with E-state index in [1.54, 1.807) is 32.3 Å². The Bertz CT molecular complexity index is 5640. The first kappa shape index (κ1) is 119. The summed E-state index contributed by atoms with van der Waals surface area (Å²) in [5.41, 5.74) is 3.75. The number of carbonyl (C=O) groups is 12. The van der Waals surface area contributed by atoms with Crippen LogP contribution in [0.5, 0.6) is 0 Å². The number of hydrogen-bond acceptors (Lipinski definition) is 39. The number of aromatic nitrogens is 6. The van der Waals surface area contributed by atoms with Gasteiger partial charge in [-0.1, -0.05) is 109 Å². The smallest absolute Gasteiger partial charge is 0.569 e. The fraction of sp³-hybridized carbons (Fsp3) is 0.449. The summed E-state index contributed by atoms with van der Waals surface area (Å²) >= 11 is 5.39. The Hall–Kier alpha value is -8.02. The molecule has 0 aliphatic carbocycles. The molecule has 48 nitrogen and oxygen atoms in total. The molecule has 7 saturated heterocycles. The van der Waals surface area contributed by atoms with Gasteiger partial charge in [-0.15, -0.1) is 72.2 Å². The van der Waals surface area contributed by atoms with E-state index in [0.717, 1.165) is 49.9 Å². The van der Waals surface area contributed by atoms with Gasteiger partial charge in [-0.05, 0) is 72.0 Å². The molecule has 11 aliphatic heterocycles. The van der Waals surface area contributed by atoms with E-state index in [2.05, 4.69) is 51.5 Å². The number of carbonyl (C=O) groups excluding carboxylic acids is 12. The van der Waals surface area contributed by atoms with E-state index in [4.69, 9.17) is 19.4 Å². The molecular weight excluding hydrogens is 2070 g/mol. The second-order valence-electron chi connectivity index (χ2n) is 33.5. The Kier molecular flexibility index (Phi) is 47.4. The Morgan fingerprint density at radius 2 is 0.703 bits per heavy atom. The number of carboxylic acids is 4. The average Bonchev–Trinajstić information content (AvgIpc) is 1.04. The van der Waals surface area contributed by atoms with Crippen molar-refractivity contribution in [2.24, 2.45) is 44.8 Å². The zero-order chi connectivity index (χ0) is 99.9. The predicted octanol–water partition coefficient (Wildman–Crippen LogP) is -11.5. The van der Waals surface area contributed by atoms with Crippen LogP contribution in [0, 0.1) is 44.5 Å². The van der Waals surface area contributed by atoms with E-state index in [9.17, 15) is 98.8 Å². The van der Waals surface area contributed by atoms with Crippen LogP contribution in [-0.2, 0) is 103 Å². The SMILES string of the molecule is CCN(CC)/[N+]([O-])=N/OCC1=C(C(=O)[O-])N2C(=O)C(CC(=O)Cn3cnnn3)C2SC1.O=C(Cc1ccccc1)CC1C(=O)N2C(C(=O)[O-])=C(CO/N=[N+](\[O-])N3CCCC3)CSC12.O=C(Cc1ccccc1)CC1C(=O)N2C(C(=O)[O-])=C(CO/N=[N+](\[O-])N3CCN(c4ccccc4)CC3)CSC12.O=C(Cc1ccccc1)CC1C(=O)N2C(C(=O)[O-])=C(CO/N=[N+](\[O-])N3CCN(c4ncccn4)CC3)CSC12.[K+].[K+].[K+].[K+]. The molecule has 4 amide bonds. The minimum absolute atomic E-state index is 0. The van der Waals surface area contributed by atoms with Crippen LogP contribution in [-0.4, -0.2) is 310 Å². The number of β-lactam (4-membered cyclic amide) rings is 4. The van der Waals surface area contributed by atoms with Crippen LogP contribution in [0.1, 0.15) is 69.1 Å². The molecule has 0 N–H and O–H groups in total. The van der Waals surface area contributed by atoms with Crippen LogP contribution < -0.4 is 236 Å². The summed E-state index contributed by atoms with van der Waals surface area (Å²) in [4.78, 5) is 187. The molecule has 56 heteroatoms. The predicted molar refractivity (Wildman–Crippen MR) is 489 cm³/mol. The number of ketones is 4. The minimum atomic E-state index is -1.53. The Labute approximate surface area is 1020 Å². The Morgan fingerprint density at radius 3 is 1.01 bits per heavy atom. The number of fused-ring (bicyclic) bond motifs is 4. The standard InChI is InChI=1S/C27H29N5O6S.C25H27N7O6S.C21H24N4O6S.C16H22N8O6S.4K/c33-22(15-19-7-3-1-4-8-19)16-23-25(34)31-24(27(35)36)20(18-39-26(23)31)17-38-28-32(37)30-13-11-29(12-14-30)21-9-5-2-6-10-21;33-19(13-17-5-2-1-3-6-17)14-20-22(34)31-21(24(35)36)18(16-39-23(20)31)15-38-28-32(37)30-11-9-29(10-12-30)25-26-7-4-8-27-25;26-16(10-14-6-2-1-3-7-14)11-17-19(27)24-18(21(28)29)15(13-32-20(17)24)12-31-22-25(30)23-8-4-5-9-23;1-3-22(4-2)24(29)20-30-7-10-8-31-15-12(14(26)23(15)13(10)16(27)28)5-11(25)6-21-9-17-18-19-21;;;;/h1-10,23,26H,11-18H2,(H,35,36);1-8,20,23H,9-16H2,(H,35,36);1-3,6-7,17,20H,4-5,8-13H2,(H,28,29);9,12,15H,3-8H2,1-2H3,(H,27,28);;;;/q;;;;4*+1/p-4/b2*32-28-;25-22-;24-20-;;;;. The first-order valence-corrected chi connectivity index (χ1v) is 49.3. The summed E-state index contributed by atoms with van der Waals surface area (Å²) < 4.78 is 1.25. The number of rotatable bonds is 40. The van der Waals surface area contributed by atoms with Gasteiger partial charge in [0.05, 0.1) is 164 Å². The van der Waals surface area contributed by atoms with Gasteiger partial charge in [-0.2, -0.15) is 0 Å². The molecule has 0 radical (unpaired) electrons. The molecule has 746 valence electrons. The number of carboxylic acid groups (broad SMARTS) is 4. The number of piperazine rings is 2. The number of aliphatic carboxylic acids is 4. The number of para-hydroxylation sites is 1. The van der Waals surface area contributed by atoms with Crippen LogP contribution in [0.15, 0.2) is 212 Å². The largest absolute Gasteiger partial charge is 1.00 e. The van der Waals surface area contributed by atoms with Gasteiger partial charge < -0.3 is 89.6 Å². The third-order valence-corrected chi connectivity index (χ3v) is 30.0. The molecule has 145 heavy (non-hydrogen) atoms. The van der Waals surface area contributed by atoms with E-state index in [1.807, 2.05) is 126 Å². The van der Waals surface area contributed by atoms with Crippen molar-refractivity contribution >= 4 is 129 Å². The normalized spacial score (nSPS) is 21.1. The Morgan fingerprint density at radius 1 is 0.400 bits per heavy atom. The van der Waals surface area contributed by atoms with Gasteiger partial charge in [0.25, 0.3) is 0 Å². The zero-order valence-corrected chi connectivity index (χ0v) is 96.1. The van der Waals surface area contributed by atoms with Crippen LogP contribution in [0.2, 0.25) is 0 Å². The molecule has 4 aromatic carbocycles. The van der Waals surface area contributed by atoms with Crippen molar-refractivity contribution in [1.29, 1.82) is 0 Å². The topological polar surface area (TPSA) is 590 Å². The molecule has 0 spiro atoms. The molecule has 0 saturated carbocycles. The monoisotopic (exact) mass is 2170 g/mol. The maximum Gasteiger partial charge on any atom is 1.00 e. The molecule has 17 rings (SSSR count). The molecule has 0 bridgehead atoms. The summed E-state index contributed by atoms with van der Waals surface area (Å²) in [5.74, 6) is -9.07. The van der Waals surface area contributed by atoms with Crippen molar-refractivity contribution in [2.75, 3.05) is 138 Å². The first-order chi connectivity index (χ1) is 68.2. The third-order valence-electron chi connectivity index (χ3n) is 24.4. The van der Waals surface area contributed by atoms with Gasteiger partial charge in [0.15, 0.2) is 5.78 Å². The summed E-state index contributed by atoms with van der Waals surface area (Å²) in [5, 5.41) is 124. The fourth-order valence-corrected chi connectivity index (χ4v) is 22.9. The maximum atomic E-state index is 12.9. The quantitative estimate of drug-likeness (QED) is 0.0113. The van der Waals surface area contributed by atoms with Gasteiger partial charge in [-0.25, -0.2) is 14.6 Å². The van der Waals surface area contributed by atoms with Crippen LogP contribution in [0.25, 0.3) is 0 Å². The van der Waals surface area contributed by atoms with Gasteiger partial charge in [0.2, 0.25) is 50.7 Å². The van der Waals surface area contributed by atoms with Crippen molar-refractivity contribution in [1.82, 2.24) is 69.8 Å². The fourth-order valence-electron chi connectivity index (χ4n) is 17.3. The number of anilines is 2. The van der Waals surface area contributed by atoms with Crippen molar-refractivity contribution in [3.63, 3.8) is 0 Å². The van der Waals surface area contributed by atoms with Crippen molar-refractivity contribution in [3.05, 3.63) is 229 Å². The number of tetrazole rings is 1. The van der Waals surface area contributed by atoms with E-state index in [-0.39, 0.29) is 364 Å². The summed E-state index contributed by atoms with van der Waals surface area (Å²) in [6.07, 6.45) is 7.16.